The first-order valence-corrected chi connectivity index (χ1v) is 3.70. The molecule has 0 amide bonds. The molecule has 0 N–H and O–H groups in total. The molecule has 0 aromatic rings. The Bertz CT molecular complexity index is 314. The average Bonchev–Trinajstić information content (AvgIpc) is 2.59. The molecule has 2 saturated heterocycles. The van der Waals surface area contributed by atoms with Gasteiger partial charge in [-0.15, -0.1) is 0 Å². The number of nitro groups is 2. The lowest BCUT2D eigenvalue weighted by Gasteiger charge is -2.08. The van der Waals surface area contributed by atoms with E-state index < -0.39 is 35.3 Å². The fourth-order valence-electron chi connectivity index (χ4n) is 1.36. The van der Waals surface area contributed by atoms with Crippen molar-refractivity contribution in [3.63, 3.8) is 0 Å². The fraction of sp³-hybridized carbons (Fsp3) is 0.750. The molecule has 0 aliphatic carbocycles. The summed E-state index contributed by atoms with van der Waals surface area (Å²) >= 11 is 0. The van der Waals surface area contributed by atoms with E-state index in [9.17, 15) is 25.0 Å². The van der Waals surface area contributed by atoms with Crippen molar-refractivity contribution in [2.45, 2.75) is 12.5 Å². The first kappa shape index (κ1) is 9.23. The van der Waals surface area contributed by atoms with Crippen molar-refractivity contribution < 1.29 is 24.3 Å². The van der Waals surface area contributed by atoms with Crippen molar-refractivity contribution in [3.8, 4) is 0 Å². The number of rotatable bonds is 2. The maximum Gasteiger partial charge on any atom is 0.512 e. The third kappa shape index (κ3) is 1.24. The highest BCUT2D eigenvalue weighted by atomic mass is 16.8. The van der Waals surface area contributed by atoms with E-state index in [0.29, 0.717) is 10.0 Å². The summed E-state index contributed by atoms with van der Waals surface area (Å²) in [5.74, 6) is 0. The minimum atomic E-state index is -1.38. The Kier molecular flexibility index (Phi) is 1.74. The van der Waals surface area contributed by atoms with Crippen molar-refractivity contribution >= 4 is 6.16 Å². The maximum atomic E-state index is 10.6. The molecule has 15 heavy (non-hydrogen) atoms. The lowest BCUT2D eigenvalue weighted by Crippen LogP contribution is -2.38. The van der Waals surface area contributed by atoms with Gasteiger partial charge < -0.3 is 9.47 Å². The molecule has 2 heterocycles. The SMILES string of the molecule is O=C1OC2C(O1)N([N+](=O)[O-])CN2[N+](=O)[O-]. The summed E-state index contributed by atoms with van der Waals surface area (Å²) < 4.78 is 8.83. The van der Waals surface area contributed by atoms with Crippen LogP contribution in [0.5, 0.6) is 0 Å². The molecule has 2 rings (SSSR count). The Labute approximate surface area is 81.0 Å². The lowest BCUT2D eigenvalue weighted by molar-refractivity contribution is -0.699. The van der Waals surface area contributed by atoms with Gasteiger partial charge >= 0.3 is 6.16 Å². The molecule has 11 heteroatoms. The van der Waals surface area contributed by atoms with Gasteiger partial charge in [-0.3, -0.25) is 0 Å². The third-order valence-electron chi connectivity index (χ3n) is 1.97. The zero-order valence-electron chi connectivity index (χ0n) is 7.01. The van der Waals surface area contributed by atoms with Gasteiger partial charge in [-0.05, 0) is 0 Å². The highest BCUT2D eigenvalue weighted by Gasteiger charge is 2.60. The second kappa shape index (κ2) is 2.83. The predicted octanol–water partition coefficient (Wildman–Crippen LogP) is -1.24. The second-order valence-electron chi connectivity index (χ2n) is 2.76. The summed E-state index contributed by atoms with van der Waals surface area (Å²) in [7, 11) is 0. The van der Waals surface area contributed by atoms with E-state index >= 15 is 0 Å². The van der Waals surface area contributed by atoms with E-state index in [1.165, 1.54) is 0 Å². The van der Waals surface area contributed by atoms with Crippen molar-refractivity contribution in [3.05, 3.63) is 20.2 Å². The average molecular weight is 220 g/mol. The summed E-state index contributed by atoms with van der Waals surface area (Å²) in [4.78, 5) is 31.6. The van der Waals surface area contributed by atoms with Gasteiger partial charge in [0, 0.05) is 0 Å². The van der Waals surface area contributed by atoms with Gasteiger partial charge in [-0.2, -0.15) is 0 Å². The maximum absolute atomic E-state index is 10.6. The van der Waals surface area contributed by atoms with Crippen molar-refractivity contribution in [2.75, 3.05) is 6.67 Å². The van der Waals surface area contributed by atoms with Crippen LogP contribution in [0.1, 0.15) is 0 Å². The van der Waals surface area contributed by atoms with Gasteiger partial charge in [-0.25, -0.2) is 25.0 Å². The predicted molar refractivity (Wildman–Crippen MR) is 37.7 cm³/mol. The Morgan fingerprint density at radius 1 is 1.13 bits per heavy atom. The Hall–Kier alpha value is -2.33. The van der Waals surface area contributed by atoms with Gasteiger partial charge in [0.25, 0.3) is 12.5 Å². The topological polar surface area (TPSA) is 128 Å². The third-order valence-corrected chi connectivity index (χ3v) is 1.97. The number of fused-ring (bicyclic) bond motifs is 1. The second-order valence-corrected chi connectivity index (χ2v) is 2.76. The van der Waals surface area contributed by atoms with E-state index in [2.05, 4.69) is 9.47 Å². The number of carbonyl (C=O) groups excluding carboxylic acids is 1. The Morgan fingerprint density at radius 2 is 1.53 bits per heavy atom. The number of ether oxygens (including phenoxy) is 2. The molecule has 0 aromatic heterocycles. The molecule has 0 radical (unpaired) electrons. The smallest absolute Gasteiger partial charge is 0.398 e. The van der Waals surface area contributed by atoms with Crippen LogP contribution < -0.4 is 0 Å². The minimum Gasteiger partial charge on any atom is -0.398 e. The summed E-state index contributed by atoms with van der Waals surface area (Å²) in [6.07, 6.45) is -3.92. The zero-order valence-corrected chi connectivity index (χ0v) is 7.01. The van der Waals surface area contributed by atoms with E-state index in [0.717, 1.165) is 0 Å². The van der Waals surface area contributed by atoms with Crippen LogP contribution in [0.4, 0.5) is 4.79 Å². The first-order chi connectivity index (χ1) is 7.00. The molecule has 11 nitrogen and oxygen atoms in total. The van der Waals surface area contributed by atoms with Gasteiger partial charge in [0.15, 0.2) is 10.1 Å². The highest BCUT2D eigenvalue weighted by molar-refractivity contribution is 5.62. The van der Waals surface area contributed by atoms with Gasteiger partial charge in [-0.1, -0.05) is 10.0 Å². The van der Waals surface area contributed by atoms with Crippen LogP contribution in [0.2, 0.25) is 0 Å². The van der Waals surface area contributed by atoms with Crippen LogP contribution in [0, 0.1) is 20.2 Å². The van der Waals surface area contributed by atoms with Crippen LogP contribution in [0.25, 0.3) is 0 Å². The molecule has 2 unspecified atom stereocenters. The van der Waals surface area contributed by atoms with E-state index in [1.54, 1.807) is 0 Å². The zero-order chi connectivity index (χ0) is 11.2. The van der Waals surface area contributed by atoms with E-state index in [-0.39, 0.29) is 0 Å². The van der Waals surface area contributed by atoms with Gasteiger partial charge in [0.05, 0.1) is 0 Å². The standard InChI is InChI=1S/C4H4N4O7/c9-4-14-2-3(15-4)6(8(12)13)1-5(2)7(10)11/h2-3H,1H2. The molecule has 0 bridgehead atoms. The number of hydrogen-bond acceptors (Lipinski definition) is 7. The molecule has 82 valence electrons. The van der Waals surface area contributed by atoms with Crippen LogP contribution >= 0.6 is 0 Å². The Balaban J connectivity index is 2.24. The summed E-state index contributed by atoms with van der Waals surface area (Å²) in [6, 6.07) is 0. The highest BCUT2D eigenvalue weighted by Crippen LogP contribution is 2.28. The minimum absolute atomic E-state index is 0.415. The van der Waals surface area contributed by atoms with Crippen molar-refractivity contribution in [1.29, 1.82) is 0 Å². The van der Waals surface area contributed by atoms with E-state index in [1.807, 2.05) is 0 Å². The Morgan fingerprint density at radius 3 is 1.87 bits per heavy atom. The normalized spacial score (nSPS) is 28.4. The molecule has 2 fully saturated rings. The lowest BCUT2D eigenvalue weighted by atomic mass is 10.5. The van der Waals surface area contributed by atoms with Crippen molar-refractivity contribution in [2.24, 2.45) is 0 Å². The quantitative estimate of drug-likeness (QED) is 0.318. The van der Waals surface area contributed by atoms with Crippen molar-refractivity contribution in [1.82, 2.24) is 10.0 Å². The monoisotopic (exact) mass is 220 g/mol. The molecule has 0 aromatic carbocycles. The molecular formula is C4H4N4O7. The molecular weight excluding hydrogens is 216 g/mol. The van der Waals surface area contributed by atoms with E-state index in [4.69, 9.17) is 0 Å². The molecule has 2 atom stereocenters. The van der Waals surface area contributed by atoms with Gasteiger partial charge in [0.2, 0.25) is 6.67 Å². The largest absolute Gasteiger partial charge is 0.512 e. The van der Waals surface area contributed by atoms with Gasteiger partial charge in [0.1, 0.15) is 0 Å². The number of hydrogen-bond donors (Lipinski definition) is 0. The van der Waals surface area contributed by atoms with Crippen LogP contribution in [0.15, 0.2) is 0 Å². The molecule has 2 aliphatic heterocycles. The number of carbonyl (C=O) groups is 1. The molecule has 0 saturated carbocycles. The molecule has 2 aliphatic rings. The number of hydrazine groups is 2. The van der Waals surface area contributed by atoms with Crippen LogP contribution in [0.3, 0.4) is 0 Å². The summed E-state index contributed by atoms with van der Waals surface area (Å²) in [5.41, 5.74) is 0. The first-order valence-electron chi connectivity index (χ1n) is 3.70. The van der Waals surface area contributed by atoms with Crippen LogP contribution in [-0.4, -0.2) is 45.4 Å². The molecule has 0 spiro atoms. The fourth-order valence-corrected chi connectivity index (χ4v) is 1.36. The number of nitrogens with zero attached hydrogens (tertiary/aromatic N) is 4. The van der Waals surface area contributed by atoms with Crippen LogP contribution in [-0.2, 0) is 9.47 Å². The summed E-state index contributed by atoms with van der Waals surface area (Å²) in [5, 5.41) is 20.0. The summed E-state index contributed by atoms with van der Waals surface area (Å²) in [6.45, 7) is -0.609.